The van der Waals surface area contributed by atoms with Crippen LogP contribution in [0, 0.1) is 5.92 Å². The van der Waals surface area contributed by atoms with E-state index >= 15 is 0 Å². The Morgan fingerprint density at radius 1 is 1.20 bits per heavy atom. The van der Waals surface area contributed by atoms with Gasteiger partial charge in [0.1, 0.15) is 16.8 Å². The fourth-order valence-electron chi connectivity index (χ4n) is 2.83. The largest absolute Gasteiger partial charge is 0.497 e. The Hall–Kier alpha value is -2.78. The van der Waals surface area contributed by atoms with Gasteiger partial charge in [-0.25, -0.2) is 0 Å². The third-order valence-corrected chi connectivity index (χ3v) is 6.46. The maximum absolute atomic E-state index is 12.9. The summed E-state index contributed by atoms with van der Waals surface area (Å²) >= 11 is 2.79. The Balaban J connectivity index is 1.68. The first-order valence-corrected chi connectivity index (χ1v) is 11.3. The highest BCUT2D eigenvalue weighted by atomic mass is 32.1. The van der Waals surface area contributed by atoms with Crippen LogP contribution >= 0.6 is 22.7 Å². The zero-order valence-corrected chi connectivity index (χ0v) is 18.7. The molecule has 158 valence electrons. The van der Waals surface area contributed by atoms with Crippen LogP contribution in [-0.4, -0.2) is 35.2 Å². The van der Waals surface area contributed by atoms with Gasteiger partial charge in [-0.1, -0.05) is 49.8 Å². The maximum Gasteiger partial charge on any atom is 0.249 e. The lowest BCUT2D eigenvalue weighted by molar-refractivity contribution is -0.127. The molecule has 0 aliphatic heterocycles. The second-order valence-corrected chi connectivity index (χ2v) is 8.83. The van der Waals surface area contributed by atoms with Crippen LogP contribution in [0.15, 0.2) is 41.8 Å². The molecule has 0 saturated heterocycles. The minimum absolute atomic E-state index is 0.0249. The number of nitrogens with one attached hydrogen (secondary N) is 2. The van der Waals surface area contributed by atoms with E-state index in [9.17, 15) is 9.59 Å². The monoisotopic (exact) mass is 444 g/mol. The van der Waals surface area contributed by atoms with Gasteiger partial charge in [-0.15, -0.1) is 21.5 Å². The van der Waals surface area contributed by atoms with Crippen LogP contribution in [0.3, 0.4) is 0 Å². The fourth-order valence-corrected chi connectivity index (χ4v) is 4.27. The molecule has 0 aliphatic carbocycles. The third-order valence-electron chi connectivity index (χ3n) is 4.70. The number of nitrogens with zero attached hydrogens (tertiary/aromatic N) is 2. The molecule has 0 saturated carbocycles. The van der Waals surface area contributed by atoms with Gasteiger partial charge in [0, 0.05) is 10.4 Å². The lowest BCUT2D eigenvalue weighted by Gasteiger charge is -2.22. The number of ether oxygens (including phenoxy) is 1. The summed E-state index contributed by atoms with van der Waals surface area (Å²) in [5, 5.41) is 16.9. The standard InChI is InChI=1S/C21H24N4O3S2/c1-4-13(2)18(22-17(26)12-16-9-6-10-29-16)19(27)23-21-25-24-20(30-21)14-7-5-8-15(11-14)28-3/h5-11,13,18H,4,12H2,1-3H3,(H,22,26)(H,23,25,27). The molecule has 0 aliphatic rings. The van der Waals surface area contributed by atoms with Gasteiger partial charge in [0.05, 0.1) is 13.5 Å². The molecule has 2 N–H and O–H groups in total. The molecule has 1 aromatic carbocycles. The average molecular weight is 445 g/mol. The van der Waals surface area contributed by atoms with Crippen LogP contribution in [0.5, 0.6) is 5.75 Å². The van der Waals surface area contributed by atoms with Crippen molar-refractivity contribution in [3.05, 3.63) is 46.7 Å². The minimum Gasteiger partial charge on any atom is -0.497 e. The summed E-state index contributed by atoms with van der Waals surface area (Å²) in [6.07, 6.45) is 1.01. The number of amides is 2. The van der Waals surface area contributed by atoms with E-state index in [0.717, 1.165) is 22.6 Å². The van der Waals surface area contributed by atoms with E-state index < -0.39 is 6.04 Å². The summed E-state index contributed by atoms with van der Waals surface area (Å²) in [6.45, 7) is 3.93. The molecule has 7 nitrogen and oxygen atoms in total. The van der Waals surface area contributed by atoms with Crippen molar-refractivity contribution < 1.29 is 14.3 Å². The minimum atomic E-state index is -0.647. The summed E-state index contributed by atoms with van der Waals surface area (Å²) in [6, 6.07) is 10.6. The first kappa shape index (κ1) is 21.9. The highest BCUT2D eigenvalue weighted by molar-refractivity contribution is 7.18. The van der Waals surface area contributed by atoms with Crippen LogP contribution in [0.1, 0.15) is 25.1 Å². The number of rotatable bonds is 9. The van der Waals surface area contributed by atoms with Crippen molar-refractivity contribution in [2.24, 2.45) is 5.92 Å². The fraction of sp³-hybridized carbons (Fsp3) is 0.333. The summed E-state index contributed by atoms with van der Waals surface area (Å²) in [4.78, 5) is 26.3. The smallest absolute Gasteiger partial charge is 0.249 e. The number of anilines is 1. The second kappa shape index (κ2) is 10.3. The molecule has 2 heterocycles. The van der Waals surface area contributed by atoms with Gasteiger partial charge in [0.25, 0.3) is 0 Å². The highest BCUT2D eigenvalue weighted by Crippen LogP contribution is 2.29. The molecule has 0 spiro atoms. The van der Waals surface area contributed by atoms with E-state index in [1.807, 2.05) is 55.6 Å². The number of thiophene rings is 1. The van der Waals surface area contributed by atoms with Crippen molar-refractivity contribution >= 4 is 39.6 Å². The van der Waals surface area contributed by atoms with Gasteiger partial charge in [0.2, 0.25) is 16.9 Å². The topological polar surface area (TPSA) is 93.2 Å². The molecular weight excluding hydrogens is 420 g/mol. The summed E-state index contributed by atoms with van der Waals surface area (Å²) < 4.78 is 5.24. The number of carbonyl (C=O) groups excluding carboxylic acids is 2. The van der Waals surface area contributed by atoms with Gasteiger partial charge >= 0.3 is 0 Å². The molecule has 0 radical (unpaired) electrons. The van der Waals surface area contributed by atoms with Crippen LogP contribution in [-0.2, 0) is 16.0 Å². The number of aromatic nitrogens is 2. The number of methoxy groups -OCH3 is 1. The molecule has 9 heteroatoms. The molecule has 2 amide bonds. The summed E-state index contributed by atoms with van der Waals surface area (Å²) in [5.74, 6) is 0.228. The van der Waals surface area contributed by atoms with E-state index in [-0.39, 0.29) is 24.2 Å². The van der Waals surface area contributed by atoms with E-state index in [0.29, 0.717) is 10.1 Å². The van der Waals surface area contributed by atoms with Crippen molar-refractivity contribution in [1.29, 1.82) is 0 Å². The van der Waals surface area contributed by atoms with Crippen molar-refractivity contribution in [1.82, 2.24) is 15.5 Å². The molecule has 2 unspecified atom stereocenters. The van der Waals surface area contributed by atoms with Crippen molar-refractivity contribution in [3.8, 4) is 16.3 Å². The normalized spacial score (nSPS) is 12.8. The van der Waals surface area contributed by atoms with E-state index in [4.69, 9.17) is 4.74 Å². The first-order chi connectivity index (χ1) is 14.5. The zero-order valence-electron chi connectivity index (χ0n) is 17.0. The molecule has 3 rings (SSSR count). The average Bonchev–Trinajstić information content (AvgIpc) is 3.43. The second-order valence-electron chi connectivity index (χ2n) is 6.82. The predicted octanol–water partition coefficient (Wildman–Crippen LogP) is 3.99. The van der Waals surface area contributed by atoms with Gasteiger partial charge in [0.15, 0.2) is 0 Å². The van der Waals surface area contributed by atoms with Crippen LogP contribution < -0.4 is 15.4 Å². The Kier molecular flexibility index (Phi) is 7.53. The van der Waals surface area contributed by atoms with Gasteiger partial charge in [-0.2, -0.15) is 0 Å². The van der Waals surface area contributed by atoms with E-state index in [2.05, 4.69) is 20.8 Å². The number of carbonyl (C=O) groups is 2. The molecule has 2 aromatic heterocycles. The molecule has 0 bridgehead atoms. The van der Waals surface area contributed by atoms with Gasteiger partial charge < -0.3 is 10.1 Å². The van der Waals surface area contributed by atoms with Gasteiger partial charge in [-0.05, 0) is 29.5 Å². The van der Waals surface area contributed by atoms with Crippen molar-refractivity contribution in [3.63, 3.8) is 0 Å². The SMILES string of the molecule is CCC(C)C(NC(=O)Cc1cccs1)C(=O)Nc1nnc(-c2cccc(OC)c2)s1. The quantitative estimate of drug-likeness (QED) is 0.521. The Morgan fingerprint density at radius 2 is 2.03 bits per heavy atom. The number of benzene rings is 1. The Labute approximate surface area is 183 Å². The van der Waals surface area contributed by atoms with Gasteiger partial charge in [-0.3, -0.25) is 14.9 Å². The zero-order chi connectivity index (χ0) is 21.5. The molecule has 30 heavy (non-hydrogen) atoms. The van der Waals surface area contributed by atoms with Crippen molar-refractivity contribution in [2.75, 3.05) is 12.4 Å². The molecule has 0 fully saturated rings. The lowest BCUT2D eigenvalue weighted by Crippen LogP contribution is -2.48. The molecule has 2 atom stereocenters. The van der Waals surface area contributed by atoms with Crippen molar-refractivity contribution in [2.45, 2.75) is 32.7 Å². The van der Waals surface area contributed by atoms with Crippen LogP contribution in [0.4, 0.5) is 5.13 Å². The Bertz CT molecular complexity index is 988. The number of hydrogen-bond donors (Lipinski definition) is 2. The molecular formula is C21H24N4O3S2. The maximum atomic E-state index is 12.9. The molecule has 3 aromatic rings. The third kappa shape index (κ3) is 5.64. The lowest BCUT2D eigenvalue weighted by atomic mass is 9.98. The Morgan fingerprint density at radius 3 is 2.73 bits per heavy atom. The van der Waals surface area contributed by atoms with E-state index in [1.54, 1.807) is 7.11 Å². The summed E-state index contributed by atoms with van der Waals surface area (Å²) in [5.41, 5.74) is 0.857. The van der Waals surface area contributed by atoms with E-state index in [1.165, 1.54) is 22.7 Å². The van der Waals surface area contributed by atoms with Crippen LogP contribution in [0.2, 0.25) is 0 Å². The first-order valence-electron chi connectivity index (χ1n) is 9.60. The predicted molar refractivity (Wildman–Crippen MR) is 120 cm³/mol. The number of hydrogen-bond acceptors (Lipinski definition) is 7. The van der Waals surface area contributed by atoms with Crippen LogP contribution in [0.25, 0.3) is 10.6 Å². The highest BCUT2D eigenvalue weighted by Gasteiger charge is 2.27. The summed E-state index contributed by atoms with van der Waals surface area (Å²) in [7, 11) is 1.60.